The normalized spacial score (nSPS) is 18.4. The topological polar surface area (TPSA) is 35.2 Å². The highest BCUT2D eigenvalue weighted by Gasteiger charge is 2.29. The molecule has 1 unspecified atom stereocenters. The van der Waals surface area contributed by atoms with Crippen molar-refractivity contribution in [2.24, 2.45) is 5.73 Å². The van der Waals surface area contributed by atoms with E-state index in [-0.39, 0.29) is 11.6 Å². The molecule has 1 aromatic carbocycles. The lowest BCUT2D eigenvalue weighted by molar-refractivity contribution is -0.0298. The van der Waals surface area contributed by atoms with Gasteiger partial charge in [-0.3, -0.25) is 0 Å². The molecule has 18 heavy (non-hydrogen) atoms. The fraction of sp³-hybridized carbons (Fsp3) is 0.625. The second-order valence-corrected chi connectivity index (χ2v) is 5.81. The molecule has 100 valence electrons. The monoisotopic (exact) mass is 247 g/mol. The smallest absolute Gasteiger partial charge is 0.0818 e. The van der Waals surface area contributed by atoms with Crippen LogP contribution in [0.25, 0.3) is 0 Å². The van der Waals surface area contributed by atoms with Crippen LogP contribution in [-0.4, -0.2) is 12.2 Å². The summed E-state index contributed by atoms with van der Waals surface area (Å²) in [6.45, 7) is 6.84. The summed E-state index contributed by atoms with van der Waals surface area (Å²) in [7, 11) is 0. The van der Waals surface area contributed by atoms with Crippen molar-refractivity contribution in [3.05, 3.63) is 35.4 Å². The SMILES string of the molecule is CCOC(C)(C)C(N)c1cccc(C2CCC2)c1. The van der Waals surface area contributed by atoms with Crippen molar-refractivity contribution in [1.29, 1.82) is 0 Å². The molecule has 0 bridgehead atoms. The van der Waals surface area contributed by atoms with Crippen LogP contribution in [0.4, 0.5) is 0 Å². The Bertz CT molecular complexity index is 396. The van der Waals surface area contributed by atoms with E-state index in [9.17, 15) is 0 Å². The maximum atomic E-state index is 6.36. The molecule has 2 rings (SSSR count). The fourth-order valence-corrected chi connectivity index (χ4v) is 2.61. The van der Waals surface area contributed by atoms with Crippen LogP contribution >= 0.6 is 0 Å². The molecule has 0 radical (unpaired) electrons. The predicted molar refractivity (Wildman–Crippen MR) is 75.7 cm³/mol. The number of hydrogen-bond donors (Lipinski definition) is 1. The van der Waals surface area contributed by atoms with Crippen LogP contribution in [0.5, 0.6) is 0 Å². The van der Waals surface area contributed by atoms with Gasteiger partial charge in [0.15, 0.2) is 0 Å². The number of ether oxygens (including phenoxy) is 1. The largest absolute Gasteiger partial charge is 0.374 e. The maximum Gasteiger partial charge on any atom is 0.0818 e. The van der Waals surface area contributed by atoms with E-state index in [0.29, 0.717) is 6.61 Å². The van der Waals surface area contributed by atoms with Gasteiger partial charge in [0.2, 0.25) is 0 Å². The molecule has 1 aromatic rings. The van der Waals surface area contributed by atoms with E-state index in [0.717, 1.165) is 5.92 Å². The molecular formula is C16H25NO. The molecule has 0 heterocycles. The van der Waals surface area contributed by atoms with Gasteiger partial charge >= 0.3 is 0 Å². The molecular weight excluding hydrogens is 222 g/mol. The minimum atomic E-state index is -0.313. The third kappa shape index (κ3) is 2.76. The van der Waals surface area contributed by atoms with Crippen molar-refractivity contribution in [1.82, 2.24) is 0 Å². The average molecular weight is 247 g/mol. The van der Waals surface area contributed by atoms with Gasteiger partial charge in [0.25, 0.3) is 0 Å². The second kappa shape index (κ2) is 5.41. The first-order chi connectivity index (χ1) is 8.54. The molecule has 0 amide bonds. The van der Waals surface area contributed by atoms with Gasteiger partial charge < -0.3 is 10.5 Å². The number of hydrogen-bond acceptors (Lipinski definition) is 2. The molecule has 2 nitrogen and oxygen atoms in total. The highest BCUT2D eigenvalue weighted by atomic mass is 16.5. The van der Waals surface area contributed by atoms with Crippen LogP contribution in [0.3, 0.4) is 0 Å². The number of rotatable bonds is 5. The van der Waals surface area contributed by atoms with Gasteiger partial charge in [0, 0.05) is 6.61 Å². The molecule has 2 N–H and O–H groups in total. The van der Waals surface area contributed by atoms with Crippen molar-refractivity contribution >= 4 is 0 Å². The summed E-state index contributed by atoms with van der Waals surface area (Å²) in [4.78, 5) is 0. The van der Waals surface area contributed by atoms with E-state index in [1.165, 1.54) is 30.4 Å². The quantitative estimate of drug-likeness (QED) is 0.859. The van der Waals surface area contributed by atoms with Crippen molar-refractivity contribution < 1.29 is 4.74 Å². The Morgan fingerprint density at radius 2 is 2.11 bits per heavy atom. The highest BCUT2D eigenvalue weighted by Crippen LogP contribution is 2.37. The number of nitrogens with two attached hydrogens (primary N) is 1. The first-order valence-corrected chi connectivity index (χ1v) is 7.04. The molecule has 1 saturated carbocycles. The van der Waals surface area contributed by atoms with E-state index in [1.54, 1.807) is 0 Å². The summed E-state index contributed by atoms with van der Waals surface area (Å²) in [5, 5.41) is 0. The maximum absolute atomic E-state index is 6.36. The van der Waals surface area contributed by atoms with E-state index in [1.807, 2.05) is 6.92 Å². The minimum absolute atomic E-state index is 0.0718. The fourth-order valence-electron chi connectivity index (χ4n) is 2.61. The standard InChI is InChI=1S/C16H25NO/c1-4-18-16(2,3)15(17)14-10-6-9-13(11-14)12-7-5-8-12/h6,9-12,15H,4-5,7-8,17H2,1-3H3. The first kappa shape index (κ1) is 13.6. The van der Waals surface area contributed by atoms with Crippen LogP contribution < -0.4 is 5.73 Å². The van der Waals surface area contributed by atoms with Gasteiger partial charge in [-0.15, -0.1) is 0 Å². The summed E-state index contributed by atoms with van der Waals surface area (Å²) in [5.74, 6) is 0.757. The van der Waals surface area contributed by atoms with E-state index in [4.69, 9.17) is 10.5 Å². The lowest BCUT2D eigenvalue weighted by Gasteiger charge is -2.33. The van der Waals surface area contributed by atoms with Crippen LogP contribution in [0.15, 0.2) is 24.3 Å². The summed E-state index contributed by atoms with van der Waals surface area (Å²) >= 11 is 0. The summed E-state index contributed by atoms with van der Waals surface area (Å²) in [6.07, 6.45) is 4.02. The number of benzene rings is 1. The van der Waals surface area contributed by atoms with Gasteiger partial charge in [-0.25, -0.2) is 0 Å². The zero-order valence-corrected chi connectivity index (χ0v) is 11.8. The molecule has 0 aromatic heterocycles. The molecule has 0 aliphatic heterocycles. The van der Waals surface area contributed by atoms with Crippen molar-refractivity contribution in [2.75, 3.05) is 6.61 Å². The Labute approximate surface area is 111 Å². The molecule has 1 aliphatic carbocycles. The van der Waals surface area contributed by atoms with E-state index in [2.05, 4.69) is 38.1 Å². The summed E-state index contributed by atoms with van der Waals surface area (Å²) in [5.41, 5.74) is 8.69. The Kier molecular flexibility index (Phi) is 4.08. The van der Waals surface area contributed by atoms with Crippen LogP contribution in [0, 0.1) is 0 Å². The lowest BCUT2D eigenvalue weighted by atomic mass is 9.79. The van der Waals surface area contributed by atoms with Gasteiger partial charge in [-0.05, 0) is 50.7 Å². The summed E-state index contributed by atoms with van der Waals surface area (Å²) in [6, 6.07) is 8.68. The van der Waals surface area contributed by atoms with Crippen molar-refractivity contribution in [3.8, 4) is 0 Å². The zero-order valence-electron chi connectivity index (χ0n) is 11.8. The van der Waals surface area contributed by atoms with Crippen molar-refractivity contribution in [2.45, 2.75) is 57.6 Å². The Hall–Kier alpha value is -0.860. The van der Waals surface area contributed by atoms with E-state index >= 15 is 0 Å². The Balaban J connectivity index is 2.16. The summed E-state index contributed by atoms with van der Waals surface area (Å²) < 4.78 is 5.76. The highest BCUT2D eigenvalue weighted by molar-refractivity contribution is 5.30. The molecule has 0 spiro atoms. The predicted octanol–water partition coefficient (Wildman–Crippen LogP) is 3.77. The molecule has 1 fully saturated rings. The van der Waals surface area contributed by atoms with Gasteiger partial charge in [-0.1, -0.05) is 30.7 Å². The van der Waals surface area contributed by atoms with Crippen molar-refractivity contribution in [3.63, 3.8) is 0 Å². The third-order valence-electron chi connectivity index (χ3n) is 4.11. The molecule has 0 saturated heterocycles. The van der Waals surface area contributed by atoms with Crippen LogP contribution in [-0.2, 0) is 4.74 Å². The van der Waals surface area contributed by atoms with Crippen LogP contribution in [0.2, 0.25) is 0 Å². The first-order valence-electron chi connectivity index (χ1n) is 7.04. The lowest BCUT2D eigenvalue weighted by Crippen LogP contribution is -2.38. The van der Waals surface area contributed by atoms with Gasteiger partial charge in [-0.2, -0.15) is 0 Å². The minimum Gasteiger partial charge on any atom is -0.374 e. The Morgan fingerprint density at radius 3 is 2.67 bits per heavy atom. The zero-order chi connectivity index (χ0) is 13.2. The Morgan fingerprint density at radius 1 is 1.39 bits per heavy atom. The van der Waals surface area contributed by atoms with Gasteiger partial charge in [0.1, 0.15) is 0 Å². The molecule has 1 atom stereocenters. The van der Waals surface area contributed by atoms with Crippen LogP contribution in [0.1, 0.15) is 63.1 Å². The third-order valence-corrected chi connectivity index (χ3v) is 4.11. The molecule has 2 heteroatoms. The molecule has 1 aliphatic rings. The van der Waals surface area contributed by atoms with E-state index < -0.39 is 0 Å². The average Bonchev–Trinajstić information content (AvgIpc) is 2.26. The second-order valence-electron chi connectivity index (χ2n) is 5.81. The van der Waals surface area contributed by atoms with Gasteiger partial charge in [0.05, 0.1) is 11.6 Å².